The Labute approximate surface area is 117 Å². The number of nitrogens with one attached hydrogen (secondary N) is 1. The second-order valence-electron chi connectivity index (χ2n) is 4.10. The molecule has 0 saturated heterocycles. The number of hydrogen-bond donors (Lipinski definition) is 2. The van der Waals surface area contributed by atoms with Crippen molar-refractivity contribution in [2.45, 2.75) is 18.4 Å². The van der Waals surface area contributed by atoms with Gasteiger partial charge in [0.25, 0.3) is 0 Å². The molecule has 0 atom stereocenters. The molecule has 20 heavy (non-hydrogen) atoms. The minimum absolute atomic E-state index is 0.0304. The van der Waals surface area contributed by atoms with Gasteiger partial charge in [0, 0.05) is 17.8 Å². The Hall–Kier alpha value is -1.99. The van der Waals surface area contributed by atoms with Crippen molar-refractivity contribution < 1.29 is 17.6 Å². The third-order valence-electron chi connectivity index (χ3n) is 2.60. The second kappa shape index (κ2) is 5.98. The number of anilines is 1. The van der Waals surface area contributed by atoms with Gasteiger partial charge in [-0.05, 0) is 31.2 Å². The Morgan fingerprint density at radius 1 is 1.35 bits per heavy atom. The van der Waals surface area contributed by atoms with Gasteiger partial charge in [-0.15, -0.1) is 0 Å². The van der Waals surface area contributed by atoms with Gasteiger partial charge < -0.3 is 14.9 Å². The first kappa shape index (κ1) is 14.4. The van der Waals surface area contributed by atoms with Gasteiger partial charge in [0.1, 0.15) is 10.6 Å². The fourth-order valence-corrected chi connectivity index (χ4v) is 2.85. The molecule has 0 aliphatic carbocycles. The molecular formula is C13H16N2O4S. The molecule has 108 valence electrons. The maximum atomic E-state index is 12.3. The molecule has 1 aromatic heterocycles. The fraction of sp³-hybridized carbons (Fsp3) is 0.231. The van der Waals surface area contributed by atoms with Crippen LogP contribution in [0.5, 0.6) is 5.75 Å². The van der Waals surface area contributed by atoms with Gasteiger partial charge in [-0.25, -0.2) is 13.1 Å². The standard InChI is InChI=1S/C13H16N2O4S/c1-2-19-12-4-3-11(14)7-13(12)20(16,17)15-8-10-5-6-18-9-10/h3-7,9,15H,2,8,14H2,1H3. The molecule has 6 nitrogen and oxygen atoms in total. The summed E-state index contributed by atoms with van der Waals surface area (Å²) in [5.74, 6) is 0.279. The van der Waals surface area contributed by atoms with Crippen molar-refractivity contribution in [1.29, 1.82) is 0 Å². The van der Waals surface area contributed by atoms with Gasteiger partial charge in [0.15, 0.2) is 0 Å². The number of sulfonamides is 1. The Morgan fingerprint density at radius 2 is 2.15 bits per heavy atom. The smallest absolute Gasteiger partial charge is 0.244 e. The van der Waals surface area contributed by atoms with Gasteiger partial charge >= 0.3 is 0 Å². The van der Waals surface area contributed by atoms with E-state index in [2.05, 4.69) is 4.72 Å². The van der Waals surface area contributed by atoms with E-state index in [9.17, 15) is 8.42 Å². The van der Waals surface area contributed by atoms with Gasteiger partial charge in [-0.3, -0.25) is 0 Å². The molecule has 0 spiro atoms. The van der Waals surface area contributed by atoms with Gasteiger partial charge in [0.05, 0.1) is 19.1 Å². The lowest BCUT2D eigenvalue weighted by Gasteiger charge is -2.12. The van der Waals surface area contributed by atoms with E-state index in [1.165, 1.54) is 18.6 Å². The summed E-state index contributed by atoms with van der Waals surface area (Å²) in [7, 11) is -3.71. The second-order valence-corrected chi connectivity index (χ2v) is 5.83. The predicted molar refractivity (Wildman–Crippen MR) is 74.8 cm³/mol. The van der Waals surface area contributed by atoms with E-state index in [0.29, 0.717) is 12.3 Å². The van der Waals surface area contributed by atoms with Crippen LogP contribution in [0.3, 0.4) is 0 Å². The maximum Gasteiger partial charge on any atom is 0.244 e. The first-order chi connectivity index (χ1) is 9.53. The van der Waals surface area contributed by atoms with Crippen molar-refractivity contribution in [2.75, 3.05) is 12.3 Å². The quantitative estimate of drug-likeness (QED) is 0.792. The third-order valence-corrected chi connectivity index (χ3v) is 4.03. The van der Waals surface area contributed by atoms with Crippen LogP contribution in [0.2, 0.25) is 0 Å². The lowest BCUT2D eigenvalue weighted by atomic mass is 10.3. The molecule has 2 aromatic rings. The zero-order chi connectivity index (χ0) is 14.6. The topological polar surface area (TPSA) is 94.6 Å². The SMILES string of the molecule is CCOc1ccc(N)cc1S(=O)(=O)NCc1ccoc1. The van der Waals surface area contributed by atoms with Crippen molar-refractivity contribution >= 4 is 15.7 Å². The van der Waals surface area contributed by atoms with Crippen LogP contribution in [0, 0.1) is 0 Å². The molecule has 7 heteroatoms. The summed E-state index contributed by atoms with van der Waals surface area (Å²) in [6.07, 6.45) is 2.96. The van der Waals surface area contributed by atoms with E-state index in [4.69, 9.17) is 14.9 Å². The molecule has 2 rings (SSSR count). The minimum Gasteiger partial charge on any atom is -0.492 e. The van der Waals surface area contributed by atoms with Crippen molar-refractivity contribution in [3.8, 4) is 5.75 Å². The van der Waals surface area contributed by atoms with Crippen LogP contribution in [-0.4, -0.2) is 15.0 Å². The van der Waals surface area contributed by atoms with Crippen LogP contribution < -0.4 is 15.2 Å². The molecule has 0 amide bonds. The minimum atomic E-state index is -3.71. The fourth-order valence-electron chi connectivity index (χ4n) is 1.66. The van der Waals surface area contributed by atoms with Crippen molar-refractivity contribution in [2.24, 2.45) is 0 Å². The summed E-state index contributed by atoms with van der Waals surface area (Å²) in [5.41, 5.74) is 6.74. The van der Waals surface area contributed by atoms with Crippen LogP contribution in [-0.2, 0) is 16.6 Å². The number of benzene rings is 1. The van der Waals surface area contributed by atoms with E-state index in [-0.39, 0.29) is 17.2 Å². The summed E-state index contributed by atoms with van der Waals surface area (Å²) in [6, 6.07) is 6.21. The number of ether oxygens (including phenoxy) is 1. The highest BCUT2D eigenvalue weighted by Crippen LogP contribution is 2.26. The van der Waals surface area contributed by atoms with Crippen molar-refractivity contribution in [1.82, 2.24) is 4.72 Å². The molecule has 3 N–H and O–H groups in total. The Kier molecular flexibility index (Phi) is 4.31. The Morgan fingerprint density at radius 3 is 2.80 bits per heavy atom. The normalized spacial score (nSPS) is 11.4. The number of nitrogens with two attached hydrogens (primary N) is 1. The lowest BCUT2D eigenvalue weighted by Crippen LogP contribution is -2.23. The molecule has 0 bridgehead atoms. The molecule has 1 heterocycles. The van der Waals surface area contributed by atoms with Crippen LogP contribution in [0.15, 0.2) is 46.1 Å². The van der Waals surface area contributed by atoms with Crippen LogP contribution in [0.4, 0.5) is 5.69 Å². The number of hydrogen-bond acceptors (Lipinski definition) is 5. The summed E-state index contributed by atoms with van der Waals surface area (Å²) < 4.78 is 37.3. The maximum absolute atomic E-state index is 12.3. The average molecular weight is 296 g/mol. The van der Waals surface area contributed by atoms with E-state index >= 15 is 0 Å². The summed E-state index contributed by atoms with van der Waals surface area (Å²) in [4.78, 5) is 0.0304. The van der Waals surface area contributed by atoms with Crippen LogP contribution in [0.25, 0.3) is 0 Å². The third kappa shape index (κ3) is 3.31. The molecule has 0 saturated carbocycles. The first-order valence-electron chi connectivity index (χ1n) is 6.06. The number of rotatable bonds is 6. The van der Waals surface area contributed by atoms with E-state index in [1.807, 2.05) is 0 Å². The van der Waals surface area contributed by atoms with Gasteiger partial charge in [-0.1, -0.05) is 0 Å². The summed E-state index contributed by atoms with van der Waals surface area (Å²) in [6.45, 7) is 2.29. The molecule has 0 fully saturated rings. The predicted octanol–water partition coefficient (Wildman–Crippen LogP) is 1.74. The molecule has 1 aromatic carbocycles. The highest BCUT2D eigenvalue weighted by Gasteiger charge is 2.20. The highest BCUT2D eigenvalue weighted by atomic mass is 32.2. The largest absolute Gasteiger partial charge is 0.492 e. The number of furan rings is 1. The van der Waals surface area contributed by atoms with Crippen LogP contribution in [0.1, 0.15) is 12.5 Å². The van der Waals surface area contributed by atoms with E-state index in [0.717, 1.165) is 5.56 Å². The average Bonchev–Trinajstić information content (AvgIpc) is 2.92. The molecule has 0 radical (unpaired) electrons. The van der Waals surface area contributed by atoms with Crippen LogP contribution >= 0.6 is 0 Å². The molecule has 0 unspecified atom stereocenters. The van der Waals surface area contributed by atoms with E-state index in [1.54, 1.807) is 25.1 Å². The zero-order valence-electron chi connectivity index (χ0n) is 11.0. The first-order valence-corrected chi connectivity index (χ1v) is 7.54. The van der Waals surface area contributed by atoms with Crippen molar-refractivity contribution in [3.63, 3.8) is 0 Å². The molecular weight excluding hydrogens is 280 g/mol. The zero-order valence-corrected chi connectivity index (χ0v) is 11.8. The van der Waals surface area contributed by atoms with Crippen molar-refractivity contribution in [3.05, 3.63) is 42.4 Å². The van der Waals surface area contributed by atoms with Gasteiger partial charge in [0.2, 0.25) is 10.0 Å². The monoisotopic (exact) mass is 296 g/mol. The van der Waals surface area contributed by atoms with E-state index < -0.39 is 10.0 Å². The molecule has 0 aliphatic rings. The summed E-state index contributed by atoms with van der Waals surface area (Å²) >= 11 is 0. The summed E-state index contributed by atoms with van der Waals surface area (Å²) in [5, 5.41) is 0. The highest BCUT2D eigenvalue weighted by molar-refractivity contribution is 7.89. The Balaban J connectivity index is 2.26. The number of nitrogen functional groups attached to an aromatic ring is 1. The van der Waals surface area contributed by atoms with Gasteiger partial charge in [-0.2, -0.15) is 0 Å². The molecule has 0 aliphatic heterocycles. The lowest BCUT2D eigenvalue weighted by molar-refractivity contribution is 0.331. The Bertz CT molecular complexity index is 666.